The topological polar surface area (TPSA) is 99.1 Å². The first-order chi connectivity index (χ1) is 7.48. The van der Waals surface area contributed by atoms with Gasteiger partial charge < -0.3 is 10.3 Å². The van der Waals surface area contributed by atoms with E-state index in [0.29, 0.717) is 18.1 Å². The molecular weight excluding hydrogens is 230 g/mol. The van der Waals surface area contributed by atoms with Crippen LogP contribution in [0.1, 0.15) is 43.4 Å². The van der Waals surface area contributed by atoms with Gasteiger partial charge in [0.2, 0.25) is 5.89 Å². The van der Waals surface area contributed by atoms with Crippen molar-refractivity contribution in [1.29, 1.82) is 0 Å². The first kappa shape index (κ1) is 11.5. The largest absolute Gasteiger partial charge is 0.338 e. The molecule has 1 aliphatic heterocycles. The normalized spacial score (nSPS) is 26.5. The summed E-state index contributed by atoms with van der Waals surface area (Å²) in [5.74, 6) is 1.07. The van der Waals surface area contributed by atoms with E-state index in [1.807, 2.05) is 0 Å². The summed E-state index contributed by atoms with van der Waals surface area (Å²) in [6.07, 6.45) is 1.45. The quantitative estimate of drug-likeness (QED) is 0.808. The summed E-state index contributed by atoms with van der Waals surface area (Å²) in [6.45, 7) is 1.74. The van der Waals surface area contributed by atoms with Crippen molar-refractivity contribution < 1.29 is 12.9 Å². The molecule has 7 heteroatoms. The Labute approximate surface area is 94.1 Å². The molecule has 1 fully saturated rings. The van der Waals surface area contributed by atoms with Crippen molar-refractivity contribution in [3.63, 3.8) is 0 Å². The van der Waals surface area contributed by atoms with Crippen molar-refractivity contribution in [2.24, 2.45) is 5.73 Å². The number of hydrogen-bond acceptors (Lipinski definition) is 6. The highest BCUT2D eigenvalue weighted by molar-refractivity contribution is 7.91. The Morgan fingerprint density at radius 3 is 2.88 bits per heavy atom. The Morgan fingerprint density at radius 2 is 2.31 bits per heavy atom. The maximum absolute atomic E-state index is 11.5. The fourth-order valence-electron chi connectivity index (χ4n) is 1.82. The lowest BCUT2D eigenvalue weighted by atomic mass is 10.1. The smallest absolute Gasteiger partial charge is 0.243 e. The van der Waals surface area contributed by atoms with E-state index in [-0.39, 0.29) is 23.5 Å². The number of sulfone groups is 1. The van der Waals surface area contributed by atoms with E-state index in [2.05, 4.69) is 10.1 Å². The van der Waals surface area contributed by atoms with Gasteiger partial charge in [0.15, 0.2) is 15.7 Å². The number of aromatic nitrogens is 2. The highest BCUT2D eigenvalue weighted by Gasteiger charge is 2.29. The van der Waals surface area contributed by atoms with Crippen LogP contribution in [0.25, 0.3) is 0 Å². The van der Waals surface area contributed by atoms with Crippen molar-refractivity contribution in [2.45, 2.75) is 31.7 Å². The monoisotopic (exact) mass is 245 g/mol. The molecule has 2 rings (SSSR count). The highest BCUT2D eigenvalue weighted by atomic mass is 32.2. The Hall–Kier alpha value is -0.950. The summed E-state index contributed by atoms with van der Waals surface area (Å²) in [7, 11) is -2.94. The van der Waals surface area contributed by atoms with Crippen LogP contribution in [0, 0.1) is 0 Å². The van der Waals surface area contributed by atoms with E-state index in [1.165, 1.54) is 0 Å². The van der Waals surface area contributed by atoms with Crippen molar-refractivity contribution in [3.05, 3.63) is 11.7 Å². The van der Waals surface area contributed by atoms with Gasteiger partial charge in [-0.15, -0.1) is 0 Å². The average Bonchev–Trinajstić information content (AvgIpc) is 2.64. The lowest BCUT2D eigenvalue weighted by Crippen LogP contribution is -2.24. The SMILES string of the molecule is CC(N)c1nc(C2CCCS(=O)(=O)C2)no1. The van der Waals surface area contributed by atoms with Gasteiger partial charge in [-0.2, -0.15) is 4.98 Å². The summed E-state index contributed by atoms with van der Waals surface area (Å²) in [5, 5.41) is 3.80. The molecule has 0 saturated carbocycles. The van der Waals surface area contributed by atoms with Gasteiger partial charge in [-0.3, -0.25) is 0 Å². The van der Waals surface area contributed by atoms with E-state index < -0.39 is 9.84 Å². The zero-order chi connectivity index (χ0) is 11.8. The molecule has 0 spiro atoms. The zero-order valence-corrected chi connectivity index (χ0v) is 9.90. The van der Waals surface area contributed by atoms with E-state index in [4.69, 9.17) is 10.3 Å². The van der Waals surface area contributed by atoms with E-state index >= 15 is 0 Å². The van der Waals surface area contributed by atoms with Crippen LogP contribution in [0.2, 0.25) is 0 Å². The van der Waals surface area contributed by atoms with Gasteiger partial charge in [-0.25, -0.2) is 8.42 Å². The number of nitrogens with zero attached hydrogens (tertiary/aromatic N) is 2. The third kappa shape index (κ3) is 2.41. The van der Waals surface area contributed by atoms with E-state index in [1.54, 1.807) is 6.92 Å². The molecule has 2 atom stereocenters. The van der Waals surface area contributed by atoms with Crippen LogP contribution in [-0.4, -0.2) is 30.1 Å². The number of nitrogens with two attached hydrogens (primary N) is 1. The Bertz CT molecular complexity index is 466. The second-order valence-corrected chi connectivity index (χ2v) is 6.46. The van der Waals surface area contributed by atoms with Gasteiger partial charge in [0.05, 0.1) is 17.5 Å². The van der Waals surface area contributed by atoms with Crippen molar-refractivity contribution in [1.82, 2.24) is 10.1 Å². The Kier molecular flexibility index (Phi) is 2.98. The van der Waals surface area contributed by atoms with Crippen LogP contribution < -0.4 is 5.73 Å². The molecule has 1 saturated heterocycles. The molecule has 2 unspecified atom stereocenters. The first-order valence-electron chi connectivity index (χ1n) is 5.27. The maximum atomic E-state index is 11.5. The fourth-order valence-corrected chi connectivity index (χ4v) is 3.53. The summed E-state index contributed by atoms with van der Waals surface area (Å²) in [5.41, 5.74) is 5.60. The van der Waals surface area contributed by atoms with Crippen LogP contribution in [-0.2, 0) is 9.84 Å². The van der Waals surface area contributed by atoms with Crippen LogP contribution in [0.3, 0.4) is 0 Å². The predicted molar refractivity (Wildman–Crippen MR) is 57.5 cm³/mol. The van der Waals surface area contributed by atoms with Crippen LogP contribution >= 0.6 is 0 Å². The molecule has 2 heterocycles. The number of rotatable bonds is 2. The molecule has 90 valence electrons. The van der Waals surface area contributed by atoms with Crippen molar-refractivity contribution >= 4 is 9.84 Å². The molecule has 0 radical (unpaired) electrons. The molecule has 1 aromatic rings. The Balaban J connectivity index is 2.17. The van der Waals surface area contributed by atoms with Gasteiger partial charge >= 0.3 is 0 Å². The third-order valence-electron chi connectivity index (χ3n) is 2.68. The van der Waals surface area contributed by atoms with E-state index in [0.717, 1.165) is 6.42 Å². The standard InChI is InChI=1S/C9H15N3O3S/c1-6(10)9-11-8(12-15-9)7-3-2-4-16(13,14)5-7/h6-7H,2-5,10H2,1H3. The minimum absolute atomic E-state index is 0.116. The molecule has 0 aromatic carbocycles. The van der Waals surface area contributed by atoms with Gasteiger partial charge in [0.1, 0.15) is 0 Å². The fraction of sp³-hybridized carbons (Fsp3) is 0.778. The molecule has 0 amide bonds. The Morgan fingerprint density at radius 1 is 1.56 bits per heavy atom. The second kappa shape index (κ2) is 4.14. The molecule has 16 heavy (non-hydrogen) atoms. The predicted octanol–water partition coefficient (Wildman–Crippen LogP) is 0.381. The van der Waals surface area contributed by atoms with Crippen LogP contribution in [0.5, 0.6) is 0 Å². The maximum Gasteiger partial charge on any atom is 0.243 e. The van der Waals surface area contributed by atoms with Gasteiger partial charge in [0.25, 0.3) is 0 Å². The molecule has 0 bridgehead atoms. The minimum atomic E-state index is -2.94. The van der Waals surface area contributed by atoms with Crippen LogP contribution in [0.15, 0.2) is 4.52 Å². The van der Waals surface area contributed by atoms with Crippen molar-refractivity contribution in [2.75, 3.05) is 11.5 Å². The van der Waals surface area contributed by atoms with Gasteiger partial charge in [0, 0.05) is 5.92 Å². The minimum Gasteiger partial charge on any atom is -0.338 e. The molecule has 6 nitrogen and oxygen atoms in total. The molecule has 1 aromatic heterocycles. The third-order valence-corrected chi connectivity index (χ3v) is 4.50. The molecule has 2 N–H and O–H groups in total. The second-order valence-electron chi connectivity index (χ2n) is 4.23. The summed E-state index contributed by atoms with van der Waals surface area (Å²) in [6, 6.07) is -0.318. The van der Waals surface area contributed by atoms with Crippen molar-refractivity contribution in [3.8, 4) is 0 Å². The van der Waals surface area contributed by atoms with Gasteiger partial charge in [-0.05, 0) is 19.8 Å². The zero-order valence-electron chi connectivity index (χ0n) is 9.09. The molecular formula is C9H15N3O3S. The highest BCUT2D eigenvalue weighted by Crippen LogP contribution is 2.26. The lowest BCUT2D eigenvalue weighted by molar-refractivity contribution is 0.354. The summed E-state index contributed by atoms with van der Waals surface area (Å²) in [4.78, 5) is 4.13. The molecule has 0 aliphatic carbocycles. The number of hydrogen-bond donors (Lipinski definition) is 1. The van der Waals surface area contributed by atoms with Gasteiger partial charge in [-0.1, -0.05) is 5.16 Å². The lowest BCUT2D eigenvalue weighted by Gasteiger charge is -2.18. The van der Waals surface area contributed by atoms with E-state index in [9.17, 15) is 8.42 Å². The average molecular weight is 245 g/mol. The first-order valence-corrected chi connectivity index (χ1v) is 7.09. The summed E-state index contributed by atoms with van der Waals surface area (Å²) < 4.78 is 27.9. The molecule has 1 aliphatic rings. The van der Waals surface area contributed by atoms with Crippen LogP contribution in [0.4, 0.5) is 0 Å². The summed E-state index contributed by atoms with van der Waals surface area (Å²) >= 11 is 0.